The Morgan fingerprint density at radius 3 is 3.06 bits per heavy atom. The van der Waals surface area contributed by atoms with Gasteiger partial charge in [0.2, 0.25) is 0 Å². The van der Waals surface area contributed by atoms with Crippen molar-refractivity contribution in [3.05, 3.63) is 0 Å². The van der Waals surface area contributed by atoms with Crippen LogP contribution in [0.25, 0.3) is 0 Å². The fourth-order valence-electron chi connectivity index (χ4n) is 1.87. The number of rotatable bonds is 4. The van der Waals surface area contributed by atoms with Crippen molar-refractivity contribution >= 4 is 22.4 Å². The zero-order chi connectivity index (χ0) is 11.5. The third-order valence-electron chi connectivity index (χ3n) is 2.71. The number of hydrogen-bond donors (Lipinski definition) is 1. The standard InChI is InChI=1S/C10H17N3O2S/c1-3-15-8-9(11)12-16-10(8)13-5-4-7(6-13)14-2/h7H,3-6H2,1-2H3,(H2,11,12). The summed E-state index contributed by atoms with van der Waals surface area (Å²) in [4.78, 5) is 2.23. The van der Waals surface area contributed by atoms with E-state index in [1.807, 2.05) is 6.92 Å². The van der Waals surface area contributed by atoms with Crippen LogP contribution >= 0.6 is 11.5 Å². The summed E-state index contributed by atoms with van der Waals surface area (Å²) < 4.78 is 15.0. The van der Waals surface area contributed by atoms with Gasteiger partial charge in [-0.15, -0.1) is 0 Å². The van der Waals surface area contributed by atoms with Gasteiger partial charge in [0, 0.05) is 20.2 Å². The monoisotopic (exact) mass is 243 g/mol. The fourth-order valence-corrected chi connectivity index (χ4v) is 2.67. The van der Waals surface area contributed by atoms with Crippen molar-refractivity contribution in [2.75, 3.05) is 37.4 Å². The van der Waals surface area contributed by atoms with Crippen LogP contribution in [0.4, 0.5) is 10.8 Å². The minimum absolute atomic E-state index is 0.304. The average Bonchev–Trinajstić information content (AvgIpc) is 2.87. The van der Waals surface area contributed by atoms with E-state index in [0.717, 1.165) is 30.3 Å². The summed E-state index contributed by atoms with van der Waals surface area (Å²) in [7, 11) is 1.75. The summed E-state index contributed by atoms with van der Waals surface area (Å²) in [6, 6.07) is 0. The lowest BCUT2D eigenvalue weighted by atomic mass is 10.3. The Kier molecular flexibility index (Phi) is 3.50. The minimum Gasteiger partial charge on any atom is -0.487 e. The molecule has 2 rings (SSSR count). The van der Waals surface area contributed by atoms with Crippen molar-refractivity contribution in [2.45, 2.75) is 19.4 Å². The molecule has 2 N–H and O–H groups in total. The Hall–Kier alpha value is -1.01. The summed E-state index contributed by atoms with van der Waals surface area (Å²) in [5.41, 5.74) is 5.78. The SMILES string of the molecule is CCOc1c(N)nsc1N1CCC(OC)C1. The molecule has 0 bridgehead atoms. The first-order valence-corrected chi connectivity index (χ1v) is 6.19. The number of hydrogen-bond acceptors (Lipinski definition) is 6. The van der Waals surface area contributed by atoms with Gasteiger partial charge >= 0.3 is 0 Å². The third-order valence-corrected chi connectivity index (χ3v) is 3.62. The molecule has 0 aromatic carbocycles. The molecule has 90 valence electrons. The van der Waals surface area contributed by atoms with Crippen LogP contribution in [-0.2, 0) is 4.74 Å². The maximum absolute atomic E-state index is 5.78. The molecule has 6 heteroatoms. The van der Waals surface area contributed by atoms with Crippen molar-refractivity contribution < 1.29 is 9.47 Å². The first kappa shape index (κ1) is 11.5. The van der Waals surface area contributed by atoms with Crippen molar-refractivity contribution in [3.8, 4) is 5.75 Å². The van der Waals surface area contributed by atoms with Gasteiger partial charge in [-0.1, -0.05) is 0 Å². The molecule has 1 atom stereocenters. The number of nitrogens with zero attached hydrogens (tertiary/aromatic N) is 2. The Labute approximate surface area is 99.3 Å². The quantitative estimate of drug-likeness (QED) is 0.865. The van der Waals surface area contributed by atoms with E-state index in [2.05, 4.69) is 9.27 Å². The number of methoxy groups -OCH3 is 1. The van der Waals surface area contributed by atoms with Crippen molar-refractivity contribution in [3.63, 3.8) is 0 Å². The highest BCUT2D eigenvalue weighted by Crippen LogP contribution is 2.39. The van der Waals surface area contributed by atoms with E-state index in [0.29, 0.717) is 18.5 Å². The zero-order valence-corrected chi connectivity index (χ0v) is 10.4. The van der Waals surface area contributed by atoms with Crippen LogP contribution < -0.4 is 15.4 Å². The molecule has 0 spiro atoms. The normalized spacial score (nSPS) is 20.4. The van der Waals surface area contributed by atoms with Gasteiger partial charge in [0.15, 0.2) is 16.6 Å². The summed E-state index contributed by atoms with van der Waals surface area (Å²) in [5, 5.41) is 1.03. The molecule has 1 fully saturated rings. The lowest BCUT2D eigenvalue weighted by molar-refractivity contribution is 0.121. The summed E-state index contributed by atoms with van der Waals surface area (Å²) in [6.45, 7) is 4.42. The second-order valence-corrected chi connectivity index (χ2v) is 4.48. The topological polar surface area (TPSA) is 60.6 Å². The van der Waals surface area contributed by atoms with Gasteiger partial charge < -0.3 is 20.1 Å². The van der Waals surface area contributed by atoms with Crippen molar-refractivity contribution in [1.29, 1.82) is 0 Å². The number of ether oxygens (including phenoxy) is 2. The van der Waals surface area contributed by atoms with Gasteiger partial charge in [0.1, 0.15) is 0 Å². The van der Waals surface area contributed by atoms with Gasteiger partial charge in [-0.2, -0.15) is 4.37 Å². The number of nitrogens with two attached hydrogens (primary N) is 1. The lowest BCUT2D eigenvalue weighted by Crippen LogP contribution is -2.21. The van der Waals surface area contributed by atoms with Crippen LogP contribution in [0.5, 0.6) is 5.75 Å². The molecular weight excluding hydrogens is 226 g/mol. The summed E-state index contributed by atoms with van der Waals surface area (Å²) >= 11 is 1.40. The molecule has 1 aromatic heterocycles. The Morgan fingerprint density at radius 1 is 1.62 bits per heavy atom. The Morgan fingerprint density at radius 2 is 2.44 bits per heavy atom. The molecule has 1 saturated heterocycles. The first-order valence-electron chi connectivity index (χ1n) is 5.42. The van der Waals surface area contributed by atoms with Crippen LogP contribution in [0.2, 0.25) is 0 Å². The van der Waals surface area contributed by atoms with Gasteiger partial charge in [-0.3, -0.25) is 0 Å². The Balaban J connectivity index is 2.14. The molecule has 5 nitrogen and oxygen atoms in total. The maximum Gasteiger partial charge on any atom is 0.197 e. The highest BCUT2D eigenvalue weighted by molar-refractivity contribution is 7.11. The van der Waals surface area contributed by atoms with Crippen LogP contribution in [0.1, 0.15) is 13.3 Å². The molecule has 1 aliphatic heterocycles. The molecule has 1 aromatic rings. The van der Waals surface area contributed by atoms with E-state index in [1.165, 1.54) is 11.5 Å². The smallest absolute Gasteiger partial charge is 0.197 e. The van der Waals surface area contributed by atoms with Crippen LogP contribution in [0.15, 0.2) is 0 Å². The van der Waals surface area contributed by atoms with Crippen molar-refractivity contribution in [2.24, 2.45) is 0 Å². The van der Waals surface area contributed by atoms with Gasteiger partial charge in [-0.25, -0.2) is 0 Å². The molecule has 0 amide bonds. The summed E-state index contributed by atoms with van der Waals surface area (Å²) in [5.74, 6) is 1.21. The van der Waals surface area contributed by atoms with Crippen LogP contribution in [0, 0.1) is 0 Å². The highest BCUT2D eigenvalue weighted by atomic mass is 32.1. The predicted molar refractivity (Wildman–Crippen MR) is 65.3 cm³/mol. The molecular formula is C10H17N3O2S. The van der Waals surface area contributed by atoms with E-state index in [1.54, 1.807) is 7.11 Å². The lowest BCUT2D eigenvalue weighted by Gasteiger charge is -2.17. The second kappa shape index (κ2) is 4.88. The number of aromatic nitrogens is 1. The average molecular weight is 243 g/mol. The molecule has 2 heterocycles. The highest BCUT2D eigenvalue weighted by Gasteiger charge is 2.27. The van der Waals surface area contributed by atoms with E-state index in [4.69, 9.17) is 15.2 Å². The number of nitrogen functional groups attached to an aromatic ring is 1. The maximum atomic E-state index is 5.78. The number of anilines is 2. The first-order chi connectivity index (χ1) is 7.76. The van der Waals surface area contributed by atoms with Gasteiger partial charge in [0.25, 0.3) is 0 Å². The predicted octanol–water partition coefficient (Wildman–Crippen LogP) is 1.35. The van der Waals surface area contributed by atoms with E-state index < -0.39 is 0 Å². The zero-order valence-electron chi connectivity index (χ0n) is 9.60. The molecule has 1 unspecified atom stereocenters. The van der Waals surface area contributed by atoms with Gasteiger partial charge in [0.05, 0.1) is 12.7 Å². The molecule has 0 saturated carbocycles. The minimum atomic E-state index is 0.304. The third kappa shape index (κ3) is 2.08. The van der Waals surface area contributed by atoms with Crippen LogP contribution in [0.3, 0.4) is 0 Å². The van der Waals surface area contributed by atoms with E-state index >= 15 is 0 Å². The van der Waals surface area contributed by atoms with Crippen molar-refractivity contribution in [1.82, 2.24) is 4.37 Å². The second-order valence-electron chi connectivity index (χ2n) is 3.73. The van der Waals surface area contributed by atoms with Gasteiger partial charge in [-0.05, 0) is 24.9 Å². The Bertz CT molecular complexity index is 356. The molecule has 0 aliphatic carbocycles. The largest absolute Gasteiger partial charge is 0.487 e. The van der Waals surface area contributed by atoms with E-state index in [-0.39, 0.29) is 0 Å². The molecule has 1 aliphatic rings. The van der Waals surface area contributed by atoms with E-state index in [9.17, 15) is 0 Å². The van der Waals surface area contributed by atoms with Crippen LogP contribution in [-0.4, -0.2) is 37.3 Å². The summed E-state index contributed by atoms with van der Waals surface area (Å²) in [6.07, 6.45) is 1.35. The molecule has 0 radical (unpaired) electrons. The molecule has 16 heavy (non-hydrogen) atoms. The fraction of sp³-hybridized carbons (Fsp3) is 0.700.